The first-order valence-corrected chi connectivity index (χ1v) is 7.38. The van der Waals surface area contributed by atoms with Crippen molar-refractivity contribution in [1.29, 1.82) is 0 Å². The number of benzene rings is 1. The highest BCUT2D eigenvalue weighted by molar-refractivity contribution is 5.35. The van der Waals surface area contributed by atoms with Gasteiger partial charge in [0.15, 0.2) is 0 Å². The van der Waals surface area contributed by atoms with Crippen LogP contribution in [0.25, 0.3) is 0 Å². The molecule has 0 bridgehead atoms. The van der Waals surface area contributed by atoms with Gasteiger partial charge in [-0.05, 0) is 67.8 Å². The zero-order chi connectivity index (χ0) is 12.4. The Hall–Kier alpha value is -0.860. The number of aryl methyl sites for hydroxylation is 2. The van der Waals surface area contributed by atoms with Crippen LogP contribution < -0.4 is 5.73 Å². The number of nitrogens with zero attached hydrogens (tertiary/aromatic N) is 1. The third-order valence-corrected chi connectivity index (χ3v) is 4.51. The van der Waals surface area contributed by atoms with Gasteiger partial charge in [-0.25, -0.2) is 0 Å². The van der Waals surface area contributed by atoms with Gasteiger partial charge in [0.25, 0.3) is 0 Å². The van der Waals surface area contributed by atoms with E-state index >= 15 is 0 Å². The molecule has 0 saturated carbocycles. The number of likely N-dealkylation sites (tertiary alicyclic amines) is 1. The van der Waals surface area contributed by atoms with Crippen LogP contribution in [-0.4, -0.2) is 24.5 Å². The van der Waals surface area contributed by atoms with Gasteiger partial charge in [0.2, 0.25) is 0 Å². The van der Waals surface area contributed by atoms with Crippen molar-refractivity contribution >= 4 is 0 Å². The van der Waals surface area contributed by atoms with Crippen LogP contribution in [0.5, 0.6) is 0 Å². The number of hydrogen-bond acceptors (Lipinski definition) is 2. The van der Waals surface area contributed by atoms with Crippen LogP contribution in [0, 0.1) is 5.92 Å². The summed E-state index contributed by atoms with van der Waals surface area (Å²) in [6.07, 6.45) is 6.46. The van der Waals surface area contributed by atoms with E-state index in [1.807, 2.05) is 0 Å². The molecule has 1 aromatic carbocycles. The van der Waals surface area contributed by atoms with Gasteiger partial charge in [0.1, 0.15) is 0 Å². The van der Waals surface area contributed by atoms with Gasteiger partial charge in [-0.3, -0.25) is 4.90 Å². The Bertz CT molecular complexity index is 414. The van der Waals surface area contributed by atoms with Crippen LogP contribution in [0.15, 0.2) is 18.2 Å². The average Bonchev–Trinajstić information content (AvgIpc) is 2.98. The Balaban J connectivity index is 1.60. The monoisotopic (exact) mass is 244 g/mol. The van der Waals surface area contributed by atoms with Crippen LogP contribution in [0.3, 0.4) is 0 Å². The molecule has 0 aromatic heterocycles. The van der Waals surface area contributed by atoms with Crippen molar-refractivity contribution in [1.82, 2.24) is 4.90 Å². The molecule has 0 spiro atoms. The molecule has 3 rings (SSSR count). The average molecular weight is 244 g/mol. The van der Waals surface area contributed by atoms with Crippen LogP contribution in [-0.2, 0) is 19.4 Å². The molecule has 2 heteroatoms. The molecule has 1 aromatic rings. The summed E-state index contributed by atoms with van der Waals surface area (Å²) in [6.45, 7) is 4.47. The van der Waals surface area contributed by atoms with Crippen LogP contribution in [0.2, 0.25) is 0 Å². The van der Waals surface area contributed by atoms with E-state index in [1.54, 1.807) is 11.1 Å². The second-order valence-electron chi connectivity index (χ2n) is 5.92. The summed E-state index contributed by atoms with van der Waals surface area (Å²) in [7, 11) is 0. The zero-order valence-electron chi connectivity index (χ0n) is 11.2. The highest BCUT2D eigenvalue weighted by Crippen LogP contribution is 2.25. The molecule has 1 saturated heterocycles. The maximum Gasteiger partial charge on any atom is 0.0233 e. The topological polar surface area (TPSA) is 29.3 Å². The fourth-order valence-electron chi connectivity index (χ4n) is 3.51. The molecular weight excluding hydrogens is 220 g/mol. The summed E-state index contributed by atoms with van der Waals surface area (Å²) in [5.74, 6) is 0.837. The maximum atomic E-state index is 5.65. The molecule has 1 unspecified atom stereocenters. The summed E-state index contributed by atoms with van der Waals surface area (Å²) < 4.78 is 0. The third kappa shape index (κ3) is 2.60. The van der Waals surface area contributed by atoms with Crippen molar-refractivity contribution in [2.24, 2.45) is 11.7 Å². The van der Waals surface area contributed by atoms with E-state index in [-0.39, 0.29) is 0 Å². The first kappa shape index (κ1) is 12.2. The lowest BCUT2D eigenvalue weighted by atomic mass is 10.1. The van der Waals surface area contributed by atoms with E-state index in [2.05, 4.69) is 23.1 Å². The first-order valence-electron chi connectivity index (χ1n) is 7.38. The van der Waals surface area contributed by atoms with Gasteiger partial charge < -0.3 is 5.73 Å². The second-order valence-corrected chi connectivity index (χ2v) is 5.92. The Kier molecular flexibility index (Phi) is 3.67. The minimum Gasteiger partial charge on any atom is -0.330 e. The number of nitrogens with two attached hydrogens (primary N) is 1. The number of rotatable bonds is 4. The Morgan fingerprint density at radius 1 is 1.22 bits per heavy atom. The van der Waals surface area contributed by atoms with E-state index < -0.39 is 0 Å². The molecule has 2 aliphatic rings. The largest absolute Gasteiger partial charge is 0.330 e. The zero-order valence-corrected chi connectivity index (χ0v) is 11.2. The minimum atomic E-state index is 0.837. The molecule has 1 atom stereocenters. The summed E-state index contributed by atoms with van der Waals surface area (Å²) in [5, 5.41) is 0. The fraction of sp³-hybridized carbons (Fsp3) is 0.625. The van der Waals surface area contributed by atoms with E-state index in [1.165, 1.54) is 50.8 Å². The normalized spacial score (nSPS) is 23.5. The Morgan fingerprint density at radius 3 is 3.00 bits per heavy atom. The van der Waals surface area contributed by atoms with Gasteiger partial charge in [-0.1, -0.05) is 18.2 Å². The minimum absolute atomic E-state index is 0.837. The van der Waals surface area contributed by atoms with E-state index in [0.717, 1.165) is 19.0 Å². The van der Waals surface area contributed by atoms with Crippen molar-refractivity contribution in [3.8, 4) is 0 Å². The molecule has 18 heavy (non-hydrogen) atoms. The molecule has 1 heterocycles. The van der Waals surface area contributed by atoms with E-state index in [4.69, 9.17) is 5.73 Å². The maximum absolute atomic E-state index is 5.65. The third-order valence-electron chi connectivity index (χ3n) is 4.51. The summed E-state index contributed by atoms with van der Waals surface area (Å²) in [5.41, 5.74) is 10.3. The molecule has 1 fully saturated rings. The predicted octanol–water partition coefficient (Wildman–Crippen LogP) is 2.35. The first-order chi connectivity index (χ1) is 8.85. The molecule has 2 nitrogen and oxygen atoms in total. The fourth-order valence-corrected chi connectivity index (χ4v) is 3.51. The van der Waals surface area contributed by atoms with Crippen molar-refractivity contribution in [2.75, 3.05) is 19.6 Å². The van der Waals surface area contributed by atoms with Crippen LogP contribution in [0.4, 0.5) is 0 Å². The molecule has 1 aliphatic carbocycles. The number of fused-ring (bicyclic) bond motifs is 1. The SMILES string of the molecule is NCCC1CCN(Cc2ccc3c(c2)CCC3)C1. The highest BCUT2D eigenvalue weighted by Gasteiger charge is 2.22. The lowest BCUT2D eigenvalue weighted by Gasteiger charge is -2.16. The van der Waals surface area contributed by atoms with Gasteiger partial charge in [0.05, 0.1) is 0 Å². The molecule has 1 aliphatic heterocycles. The second kappa shape index (κ2) is 5.41. The summed E-state index contributed by atoms with van der Waals surface area (Å²) in [6, 6.07) is 7.13. The lowest BCUT2D eigenvalue weighted by molar-refractivity contribution is 0.314. The summed E-state index contributed by atoms with van der Waals surface area (Å²) in [4.78, 5) is 2.59. The van der Waals surface area contributed by atoms with Crippen molar-refractivity contribution in [2.45, 2.75) is 38.6 Å². The number of hydrogen-bond donors (Lipinski definition) is 1. The van der Waals surface area contributed by atoms with Gasteiger partial charge in [-0.15, -0.1) is 0 Å². The van der Waals surface area contributed by atoms with E-state index in [9.17, 15) is 0 Å². The molecule has 2 N–H and O–H groups in total. The van der Waals surface area contributed by atoms with E-state index in [0.29, 0.717) is 0 Å². The van der Waals surface area contributed by atoms with Crippen molar-refractivity contribution < 1.29 is 0 Å². The Labute approximate surface area is 110 Å². The smallest absolute Gasteiger partial charge is 0.0233 e. The molecule has 98 valence electrons. The molecular formula is C16H24N2. The molecule has 0 radical (unpaired) electrons. The standard InChI is InChI=1S/C16H24N2/c17-8-6-13-7-9-18(11-13)12-14-4-5-15-2-1-3-16(15)10-14/h4-5,10,13H,1-3,6-9,11-12,17H2. The molecule has 0 amide bonds. The van der Waals surface area contributed by atoms with Gasteiger partial charge in [0, 0.05) is 13.1 Å². The predicted molar refractivity (Wildman–Crippen MR) is 75.5 cm³/mol. The summed E-state index contributed by atoms with van der Waals surface area (Å²) >= 11 is 0. The van der Waals surface area contributed by atoms with Crippen molar-refractivity contribution in [3.05, 3.63) is 34.9 Å². The quantitative estimate of drug-likeness (QED) is 0.881. The lowest BCUT2D eigenvalue weighted by Crippen LogP contribution is -2.21. The van der Waals surface area contributed by atoms with Crippen LogP contribution >= 0.6 is 0 Å². The van der Waals surface area contributed by atoms with Gasteiger partial charge >= 0.3 is 0 Å². The highest BCUT2D eigenvalue weighted by atomic mass is 15.1. The van der Waals surface area contributed by atoms with Crippen molar-refractivity contribution in [3.63, 3.8) is 0 Å². The van der Waals surface area contributed by atoms with Crippen LogP contribution in [0.1, 0.15) is 36.0 Å². The Morgan fingerprint density at radius 2 is 2.11 bits per heavy atom. The van der Waals surface area contributed by atoms with Gasteiger partial charge in [-0.2, -0.15) is 0 Å².